The van der Waals surface area contributed by atoms with Crippen molar-refractivity contribution in [2.75, 3.05) is 18.1 Å². The van der Waals surface area contributed by atoms with Crippen LogP contribution in [-0.2, 0) is 9.59 Å². The Morgan fingerprint density at radius 3 is 2.80 bits per heavy atom. The molecule has 1 aliphatic heterocycles. The average Bonchev–Trinajstić information content (AvgIpc) is 2.92. The Balaban J connectivity index is 1.61. The van der Waals surface area contributed by atoms with Gasteiger partial charge in [-0.3, -0.25) is 9.59 Å². The topological polar surface area (TPSA) is 71.8 Å². The molecule has 1 unspecified atom stereocenters. The molecular formula is C19H22N2O4. The van der Waals surface area contributed by atoms with Crippen molar-refractivity contribution in [1.82, 2.24) is 5.32 Å². The standard InChI is InChI=1S/C19H22N2O4/c1-12-10-15(14(3)25-12)13(2)20-18(22)8-9-21-16-6-4-5-7-17(16)24-11-19(21)23/h4-7,10,13H,8-9,11H2,1-3H3,(H,20,22). The fourth-order valence-corrected chi connectivity index (χ4v) is 3.08. The molecular weight excluding hydrogens is 320 g/mol. The van der Waals surface area contributed by atoms with E-state index in [0.717, 1.165) is 17.1 Å². The molecule has 0 saturated heterocycles. The number of nitrogens with one attached hydrogen (secondary N) is 1. The number of benzene rings is 1. The number of furan rings is 1. The van der Waals surface area contributed by atoms with Crippen LogP contribution < -0.4 is 15.0 Å². The Bertz CT molecular complexity index is 796. The quantitative estimate of drug-likeness (QED) is 0.907. The van der Waals surface area contributed by atoms with Crippen LogP contribution in [0, 0.1) is 13.8 Å². The first-order chi connectivity index (χ1) is 12.0. The molecule has 3 rings (SSSR count). The molecule has 2 aromatic rings. The summed E-state index contributed by atoms with van der Waals surface area (Å²) in [5.74, 6) is 2.05. The Labute approximate surface area is 146 Å². The van der Waals surface area contributed by atoms with Gasteiger partial charge in [0.05, 0.1) is 11.7 Å². The number of amides is 2. The number of ether oxygens (including phenoxy) is 1. The van der Waals surface area contributed by atoms with E-state index in [2.05, 4.69) is 5.32 Å². The average molecular weight is 342 g/mol. The molecule has 132 valence electrons. The van der Waals surface area contributed by atoms with Crippen LogP contribution >= 0.6 is 0 Å². The van der Waals surface area contributed by atoms with Gasteiger partial charge < -0.3 is 19.4 Å². The highest BCUT2D eigenvalue weighted by atomic mass is 16.5. The van der Waals surface area contributed by atoms with Gasteiger partial charge in [-0.2, -0.15) is 0 Å². The van der Waals surface area contributed by atoms with E-state index in [4.69, 9.17) is 9.15 Å². The third-order valence-corrected chi connectivity index (χ3v) is 4.29. The summed E-state index contributed by atoms with van der Waals surface area (Å²) in [6.07, 6.45) is 0.223. The third kappa shape index (κ3) is 3.68. The lowest BCUT2D eigenvalue weighted by molar-refractivity contribution is -0.122. The van der Waals surface area contributed by atoms with Gasteiger partial charge in [-0.05, 0) is 39.0 Å². The van der Waals surface area contributed by atoms with Crippen molar-refractivity contribution in [2.45, 2.75) is 33.2 Å². The Kier molecular flexibility index (Phi) is 4.79. The lowest BCUT2D eigenvalue weighted by atomic mass is 10.1. The third-order valence-electron chi connectivity index (χ3n) is 4.29. The number of para-hydroxylation sites is 2. The zero-order chi connectivity index (χ0) is 18.0. The molecule has 0 spiro atoms. The van der Waals surface area contributed by atoms with Crippen molar-refractivity contribution in [3.8, 4) is 5.75 Å². The van der Waals surface area contributed by atoms with Gasteiger partial charge in [-0.1, -0.05) is 12.1 Å². The number of carbonyl (C=O) groups is 2. The number of aryl methyl sites for hydroxylation is 2. The summed E-state index contributed by atoms with van der Waals surface area (Å²) in [5.41, 5.74) is 1.68. The summed E-state index contributed by atoms with van der Waals surface area (Å²) in [6, 6.07) is 9.14. The Hall–Kier alpha value is -2.76. The second-order valence-corrected chi connectivity index (χ2v) is 6.21. The van der Waals surface area contributed by atoms with E-state index < -0.39 is 0 Å². The first kappa shape index (κ1) is 17.1. The summed E-state index contributed by atoms with van der Waals surface area (Å²) in [5, 5.41) is 2.96. The number of rotatable bonds is 5. The van der Waals surface area contributed by atoms with Gasteiger partial charge in [0.15, 0.2) is 6.61 Å². The SMILES string of the molecule is Cc1cc(C(C)NC(=O)CCN2C(=O)COc3ccccc32)c(C)o1. The normalized spacial score (nSPS) is 14.7. The molecule has 1 N–H and O–H groups in total. The lowest BCUT2D eigenvalue weighted by Crippen LogP contribution is -2.41. The van der Waals surface area contributed by atoms with Gasteiger partial charge in [-0.15, -0.1) is 0 Å². The summed E-state index contributed by atoms with van der Waals surface area (Å²) < 4.78 is 10.9. The van der Waals surface area contributed by atoms with Crippen LogP contribution in [0.3, 0.4) is 0 Å². The van der Waals surface area contributed by atoms with Crippen LogP contribution in [-0.4, -0.2) is 25.0 Å². The summed E-state index contributed by atoms with van der Waals surface area (Å²) in [7, 11) is 0. The molecule has 25 heavy (non-hydrogen) atoms. The highest BCUT2D eigenvalue weighted by Gasteiger charge is 2.25. The molecule has 0 bridgehead atoms. The molecule has 1 aromatic heterocycles. The van der Waals surface area contributed by atoms with Crippen LogP contribution in [0.2, 0.25) is 0 Å². The molecule has 1 aliphatic rings. The van der Waals surface area contributed by atoms with Gasteiger partial charge in [0, 0.05) is 18.5 Å². The van der Waals surface area contributed by atoms with Gasteiger partial charge in [0.1, 0.15) is 17.3 Å². The molecule has 1 aromatic carbocycles. The Morgan fingerprint density at radius 1 is 1.32 bits per heavy atom. The molecule has 2 amide bonds. The molecule has 0 saturated carbocycles. The largest absolute Gasteiger partial charge is 0.482 e. The van der Waals surface area contributed by atoms with E-state index in [1.807, 2.05) is 51.1 Å². The first-order valence-electron chi connectivity index (χ1n) is 8.34. The number of fused-ring (bicyclic) bond motifs is 1. The van der Waals surface area contributed by atoms with Gasteiger partial charge >= 0.3 is 0 Å². The van der Waals surface area contributed by atoms with E-state index >= 15 is 0 Å². The number of carbonyl (C=O) groups excluding carboxylic acids is 2. The second-order valence-electron chi connectivity index (χ2n) is 6.21. The second kappa shape index (κ2) is 7.01. The highest BCUT2D eigenvalue weighted by Crippen LogP contribution is 2.31. The number of hydrogen-bond acceptors (Lipinski definition) is 4. The molecule has 0 aliphatic carbocycles. The smallest absolute Gasteiger partial charge is 0.265 e. The van der Waals surface area contributed by atoms with Crippen LogP contribution in [0.15, 0.2) is 34.7 Å². The zero-order valence-corrected chi connectivity index (χ0v) is 14.7. The van der Waals surface area contributed by atoms with Crippen molar-refractivity contribution in [3.05, 3.63) is 47.4 Å². The first-order valence-corrected chi connectivity index (χ1v) is 8.34. The van der Waals surface area contributed by atoms with Crippen molar-refractivity contribution in [3.63, 3.8) is 0 Å². The van der Waals surface area contributed by atoms with E-state index in [-0.39, 0.29) is 30.9 Å². The van der Waals surface area contributed by atoms with Crippen molar-refractivity contribution >= 4 is 17.5 Å². The molecule has 6 nitrogen and oxygen atoms in total. The van der Waals surface area contributed by atoms with Gasteiger partial charge in [0.25, 0.3) is 5.91 Å². The molecule has 1 atom stereocenters. The van der Waals surface area contributed by atoms with Crippen molar-refractivity contribution in [2.24, 2.45) is 0 Å². The maximum atomic E-state index is 12.3. The predicted molar refractivity (Wildman–Crippen MR) is 93.6 cm³/mol. The summed E-state index contributed by atoms with van der Waals surface area (Å²) >= 11 is 0. The number of anilines is 1. The number of nitrogens with zero attached hydrogens (tertiary/aromatic N) is 1. The maximum absolute atomic E-state index is 12.3. The lowest BCUT2D eigenvalue weighted by Gasteiger charge is -2.29. The molecule has 2 heterocycles. The minimum atomic E-state index is -0.141. The monoisotopic (exact) mass is 342 g/mol. The van der Waals surface area contributed by atoms with E-state index in [0.29, 0.717) is 18.0 Å². The predicted octanol–water partition coefficient (Wildman–Crippen LogP) is 2.89. The molecule has 0 radical (unpaired) electrons. The Morgan fingerprint density at radius 2 is 2.08 bits per heavy atom. The zero-order valence-electron chi connectivity index (χ0n) is 14.7. The van der Waals surface area contributed by atoms with Crippen LogP contribution in [0.4, 0.5) is 5.69 Å². The maximum Gasteiger partial charge on any atom is 0.265 e. The van der Waals surface area contributed by atoms with E-state index in [9.17, 15) is 9.59 Å². The summed E-state index contributed by atoms with van der Waals surface area (Å²) in [6.45, 7) is 6.01. The fraction of sp³-hybridized carbons (Fsp3) is 0.368. The number of hydrogen-bond donors (Lipinski definition) is 1. The van der Waals surface area contributed by atoms with E-state index in [1.54, 1.807) is 4.90 Å². The van der Waals surface area contributed by atoms with Crippen LogP contribution in [0.1, 0.15) is 36.5 Å². The van der Waals surface area contributed by atoms with E-state index in [1.165, 1.54) is 0 Å². The highest BCUT2D eigenvalue weighted by molar-refractivity contribution is 5.98. The van der Waals surface area contributed by atoms with Crippen molar-refractivity contribution < 1.29 is 18.7 Å². The minimum Gasteiger partial charge on any atom is -0.482 e. The van der Waals surface area contributed by atoms with Gasteiger partial charge in [0.2, 0.25) is 5.91 Å². The summed E-state index contributed by atoms with van der Waals surface area (Å²) in [4.78, 5) is 26.0. The van der Waals surface area contributed by atoms with Crippen molar-refractivity contribution in [1.29, 1.82) is 0 Å². The molecule has 6 heteroatoms. The molecule has 0 fully saturated rings. The van der Waals surface area contributed by atoms with Crippen LogP contribution in [0.5, 0.6) is 5.75 Å². The van der Waals surface area contributed by atoms with Gasteiger partial charge in [-0.25, -0.2) is 0 Å². The van der Waals surface area contributed by atoms with Crippen LogP contribution in [0.25, 0.3) is 0 Å². The minimum absolute atomic E-state index is 0.00251. The fourth-order valence-electron chi connectivity index (χ4n) is 3.08.